The van der Waals surface area contributed by atoms with E-state index in [1.165, 1.54) is 24.2 Å². The van der Waals surface area contributed by atoms with Gasteiger partial charge in [0.05, 0.1) is 0 Å². The van der Waals surface area contributed by atoms with Crippen LogP contribution < -0.4 is 15.4 Å². The lowest BCUT2D eigenvalue weighted by Gasteiger charge is -2.15. The molecular weight excluding hydrogens is 376 g/mol. The van der Waals surface area contributed by atoms with Crippen molar-refractivity contribution >= 4 is 22.5 Å². The van der Waals surface area contributed by atoms with Crippen LogP contribution in [0.4, 0.5) is 9.93 Å². The average Bonchev–Trinajstić information content (AvgIpc) is 3.40. The summed E-state index contributed by atoms with van der Waals surface area (Å²) in [5.74, 6) is 0.586. The third-order valence-electron chi connectivity index (χ3n) is 4.40. The van der Waals surface area contributed by atoms with Gasteiger partial charge in [-0.05, 0) is 43.9 Å². The van der Waals surface area contributed by atoms with Crippen molar-refractivity contribution in [2.45, 2.75) is 38.3 Å². The highest BCUT2D eigenvalue weighted by atomic mass is 32.1. The smallest absolute Gasteiger partial charge is 0.321 e. The highest BCUT2D eigenvalue weighted by Gasteiger charge is 2.19. The molecule has 1 aliphatic rings. The molecule has 1 saturated carbocycles. The Hall–Kier alpha value is -3.07. The summed E-state index contributed by atoms with van der Waals surface area (Å²) < 4.78 is 6.00. The Kier molecular flexibility index (Phi) is 5.72. The minimum absolute atomic E-state index is 0.217. The second-order valence-electron chi connectivity index (χ2n) is 6.43. The Balaban J connectivity index is 1.33. The van der Waals surface area contributed by atoms with Gasteiger partial charge in [0.25, 0.3) is 0 Å². The number of pyridine rings is 2. The minimum Gasteiger partial charge on any atom is -0.474 e. The van der Waals surface area contributed by atoms with E-state index in [1.807, 2.05) is 30.3 Å². The van der Waals surface area contributed by atoms with E-state index in [0.717, 1.165) is 24.1 Å². The Morgan fingerprint density at radius 3 is 2.79 bits per heavy atom. The SMILES string of the molecule is O=C(NCc1cccnc1OC1CCCC1)Nc1nnc(-c2ccccn2)s1. The predicted molar refractivity (Wildman–Crippen MR) is 106 cm³/mol. The Bertz CT molecular complexity index is 927. The lowest BCUT2D eigenvalue weighted by atomic mass is 10.2. The normalized spacial score (nSPS) is 14.0. The van der Waals surface area contributed by atoms with Crippen LogP contribution in [0, 0.1) is 0 Å². The third-order valence-corrected chi connectivity index (χ3v) is 5.26. The number of anilines is 1. The van der Waals surface area contributed by atoms with Gasteiger partial charge in [0.1, 0.15) is 11.8 Å². The van der Waals surface area contributed by atoms with Gasteiger partial charge in [-0.15, -0.1) is 10.2 Å². The molecule has 0 atom stereocenters. The second kappa shape index (κ2) is 8.75. The number of ether oxygens (including phenoxy) is 1. The average molecular weight is 396 g/mol. The van der Waals surface area contributed by atoms with E-state index in [2.05, 4.69) is 30.8 Å². The number of amides is 2. The van der Waals surface area contributed by atoms with Crippen molar-refractivity contribution in [3.8, 4) is 16.6 Å². The van der Waals surface area contributed by atoms with Crippen LogP contribution in [0.3, 0.4) is 0 Å². The molecule has 1 fully saturated rings. The van der Waals surface area contributed by atoms with Gasteiger partial charge in [0.15, 0.2) is 5.01 Å². The molecule has 0 bridgehead atoms. The van der Waals surface area contributed by atoms with E-state index in [1.54, 1.807) is 12.4 Å². The molecule has 28 heavy (non-hydrogen) atoms. The maximum atomic E-state index is 12.2. The summed E-state index contributed by atoms with van der Waals surface area (Å²) >= 11 is 1.27. The van der Waals surface area contributed by atoms with Crippen molar-refractivity contribution in [2.75, 3.05) is 5.32 Å². The van der Waals surface area contributed by atoms with Gasteiger partial charge in [0.2, 0.25) is 11.0 Å². The van der Waals surface area contributed by atoms with Crippen molar-refractivity contribution in [3.63, 3.8) is 0 Å². The number of nitrogens with zero attached hydrogens (tertiary/aromatic N) is 4. The summed E-state index contributed by atoms with van der Waals surface area (Å²) in [4.78, 5) is 20.8. The summed E-state index contributed by atoms with van der Waals surface area (Å²) in [6, 6.07) is 8.93. The molecule has 0 aromatic carbocycles. The molecule has 3 aromatic heterocycles. The maximum Gasteiger partial charge on any atom is 0.321 e. The van der Waals surface area contributed by atoms with Crippen LogP contribution in [0.5, 0.6) is 5.88 Å². The zero-order valence-corrected chi connectivity index (χ0v) is 16.0. The molecule has 4 rings (SSSR count). The standard InChI is InChI=1S/C19H20N6O2S/c26-18(23-19-25-24-17(28-19)15-9-3-4-10-20-15)22-12-13-6-5-11-21-16(13)27-14-7-1-2-8-14/h3-6,9-11,14H,1-2,7-8,12H2,(H2,22,23,25,26). The van der Waals surface area contributed by atoms with Gasteiger partial charge in [-0.2, -0.15) is 0 Å². The van der Waals surface area contributed by atoms with Crippen LogP contribution in [0.15, 0.2) is 42.7 Å². The van der Waals surface area contributed by atoms with Crippen LogP contribution in [-0.2, 0) is 6.54 Å². The predicted octanol–water partition coefficient (Wildman–Crippen LogP) is 3.64. The largest absolute Gasteiger partial charge is 0.474 e. The van der Waals surface area contributed by atoms with E-state index in [0.29, 0.717) is 22.6 Å². The quantitative estimate of drug-likeness (QED) is 0.660. The molecule has 8 nitrogen and oxygen atoms in total. The monoisotopic (exact) mass is 396 g/mol. The first-order valence-corrected chi connectivity index (χ1v) is 10.00. The van der Waals surface area contributed by atoms with Crippen LogP contribution in [-0.4, -0.2) is 32.3 Å². The first kappa shape index (κ1) is 18.3. The zero-order chi connectivity index (χ0) is 19.2. The fourth-order valence-electron chi connectivity index (χ4n) is 3.01. The zero-order valence-electron chi connectivity index (χ0n) is 15.2. The maximum absolute atomic E-state index is 12.2. The second-order valence-corrected chi connectivity index (χ2v) is 7.40. The lowest BCUT2D eigenvalue weighted by molar-refractivity contribution is 0.199. The molecule has 0 saturated heterocycles. The number of rotatable bonds is 6. The molecule has 0 unspecified atom stereocenters. The summed E-state index contributed by atoms with van der Waals surface area (Å²) in [5.41, 5.74) is 1.56. The Morgan fingerprint density at radius 1 is 1.11 bits per heavy atom. The molecule has 9 heteroatoms. The molecule has 0 aliphatic heterocycles. The Morgan fingerprint density at radius 2 is 1.96 bits per heavy atom. The first-order chi connectivity index (χ1) is 13.8. The van der Waals surface area contributed by atoms with E-state index in [4.69, 9.17) is 4.74 Å². The number of carbonyl (C=O) groups is 1. The summed E-state index contributed by atoms with van der Waals surface area (Å²) in [5, 5.41) is 14.6. The summed E-state index contributed by atoms with van der Waals surface area (Å²) in [6.45, 7) is 0.313. The van der Waals surface area contributed by atoms with Crippen molar-refractivity contribution < 1.29 is 9.53 Å². The summed E-state index contributed by atoms with van der Waals surface area (Å²) in [6.07, 6.45) is 8.10. The van der Waals surface area contributed by atoms with Crippen molar-refractivity contribution in [1.82, 2.24) is 25.5 Å². The highest BCUT2D eigenvalue weighted by molar-refractivity contribution is 7.18. The lowest BCUT2D eigenvalue weighted by Crippen LogP contribution is -2.28. The number of urea groups is 1. The van der Waals surface area contributed by atoms with Crippen LogP contribution in [0.1, 0.15) is 31.2 Å². The number of carbonyl (C=O) groups excluding carboxylic acids is 1. The fourth-order valence-corrected chi connectivity index (χ4v) is 3.73. The molecule has 2 amide bonds. The molecular formula is C19H20N6O2S. The van der Waals surface area contributed by atoms with Crippen LogP contribution in [0.25, 0.3) is 10.7 Å². The molecule has 3 heterocycles. The number of hydrogen-bond acceptors (Lipinski definition) is 7. The van der Waals surface area contributed by atoms with Crippen LogP contribution in [0.2, 0.25) is 0 Å². The highest BCUT2D eigenvalue weighted by Crippen LogP contribution is 2.26. The van der Waals surface area contributed by atoms with Gasteiger partial charge in [-0.25, -0.2) is 9.78 Å². The fraction of sp³-hybridized carbons (Fsp3) is 0.316. The number of aromatic nitrogens is 4. The van der Waals surface area contributed by atoms with E-state index < -0.39 is 0 Å². The van der Waals surface area contributed by atoms with Crippen LogP contribution >= 0.6 is 11.3 Å². The molecule has 0 radical (unpaired) electrons. The van der Waals surface area contributed by atoms with Gasteiger partial charge in [-0.1, -0.05) is 23.5 Å². The van der Waals surface area contributed by atoms with Gasteiger partial charge in [0, 0.05) is 24.5 Å². The molecule has 1 aliphatic carbocycles. The van der Waals surface area contributed by atoms with Crippen molar-refractivity contribution in [3.05, 3.63) is 48.3 Å². The van der Waals surface area contributed by atoms with Gasteiger partial charge >= 0.3 is 6.03 Å². The molecule has 144 valence electrons. The topological polar surface area (TPSA) is 102 Å². The van der Waals surface area contributed by atoms with E-state index >= 15 is 0 Å². The minimum atomic E-state index is -0.362. The van der Waals surface area contributed by atoms with E-state index in [9.17, 15) is 4.79 Å². The first-order valence-electron chi connectivity index (χ1n) is 9.18. The molecule has 3 aromatic rings. The summed E-state index contributed by atoms with van der Waals surface area (Å²) in [7, 11) is 0. The van der Waals surface area contributed by atoms with Gasteiger partial charge in [-0.3, -0.25) is 10.3 Å². The van der Waals surface area contributed by atoms with Gasteiger partial charge < -0.3 is 10.1 Å². The number of nitrogens with one attached hydrogen (secondary N) is 2. The third kappa shape index (κ3) is 4.61. The van der Waals surface area contributed by atoms with E-state index in [-0.39, 0.29) is 12.1 Å². The van der Waals surface area contributed by atoms with Crippen molar-refractivity contribution in [2.24, 2.45) is 0 Å². The number of hydrogen-bond donors (Lipinski definition) is 2. The van der Waals surface area contributed by atoms with Crippen molar-refractivity contribution in [1.29, 1.82) is 0 Å². The molecule has 0 spiro atoms. The Labute approximate surface area is 166 Å². The molecule has 2 N–H and O–H groups in total.